The summed E-state index contributed by atoms with van der Waals surface area (Å²) in [4.78, 5) is 30.2. The summed E-state index contributed by atoms with van der Waals surface area (Å²) in [6.45, 7) is 2.63. The first kappa shape index (κ1) is 15.8. The number of nitrogens with one attached hydrogen (secondary N) is 1. The van der Waals surface area contributed by atoms with Gasteiger partial charge in [0.1, 0.15) is 11.2 Å². The van der Waals surface area contributed by atoms with Gasteiger partial charge < -0.3 is 10.2 Å². The van der Waals surface area contributed by atoms with Crippen molar-refractivity contribution >= 4 is 29.1 Å². The molecule has 0 spiro atoms. The normalized spacial score (nSPS) is 18.4. The van der Waals surface area contributed by atoms with Gasteiger partial charge in [0.05, 0.1) is 11.9 Å². The monoisotopic (exact) mass is 309 g/mol. The van der Waals surface area contributed by atoms with E-state index in [4.69, 9.17) is 11.6 Å². The Labute approximate surface area is 129 Å². The molecule has 1 fully saturated rings. The maximum Gasteiger partial charge on any atom is 0.247 e. The Morgan fingerprint density at radius 2 is 2.24 bits per heavy atom. The van der Waals surface area contributed by atoms with Gasteiger partial charge in [0.2, 0.25) is 11.8 Å². The summed E-state index contributed by atoms with van der Waals surface area (Å²) in [5.74, 6) is -0.0881. The molecule has 1 aromatic rings. The molecule has 2 heterocycles. The summed E-state index contributed by atoms with van der Waals surface area (Å²) in [5.41, 5.74) is 0.595. The molecule has 2 amide bonds. The first-order chi connectivity index (χ1) is 10.1. The lowest BCUT2D eigenvalue weighted by atomic mass is 10.0. The van der Waals surface area contributed by atoms with Gasteiger partial charge in [-0.25, -0.2) is 4.98 Å². The van der Waals surface area contributed by atoms with E-state index in [2.05, 4.69) is 10.3 Å². The summed E-state index contributed by atoms with van der Waals surface area (Å²) < 4.78 is 0. The molecule has 5 nitrogen and oxygen atoms in total. The van der Waals surface area contributed by atoms with Crippen molar-refractivity contribution in [3.05, 3.63) is 23.5 Å². The fraction of sp³-hybridized carbons (Fsp3) is 0.533. The maximum atomic E-state index is 12.4. The van der Waals surface area contributed by atoms with Gasteiger partial charge in [-0.05, 0) is 37.8 Å². The molecule has 1 aliphatic rings. The third-order valence-electron chi connectivity index (χ3n) is 3.58. The van der Waals surface area contributed by atoms with Crippen LogP contribution in [-0.4, -0.2) is 34.3 Å². The number of piperidine rings is 1. The molecule has 1 aromatic heterocycles. The first-order valence-corrected chi connectivity index (χ1v) is 7.71. The molecule has 0 unspecified atom stereocenters. The number of hydrogen-bond acceptors (Lipinski definition) is 3. The van der Waals surface area contributed by atoms with Crippen LogP contribution < -0.4 is 5.32 Å². The van der Waals surface area contributed by atoms with Crippen molar-refractivity contribution in [3.63, 3.8) is 0 Å². The molecule has 1 aliphatic heterocycles. The molecule has 0 aliphatic carbocycles. The number of hydrogen-bond donors (Lipinski definition) is 1. The van der Waals surface area contributed by atoms with E-state index in [1.165, 1.54) is 6.20 Å². The van der Waals surface area contributed by atoms with Gasteiger partial charge in [0.25, 0.3) is 0 Å². The van der Waals surface area contributed by atoms with E-state index in [0.29, 0.717) is 30.2 Å². The van der Waals surface area contributed by atoms with Gasteiger partial charge in [0, 0.05) is 13.0 Å². The van der Waals surface area contributed by atoms with Gasteiger partial charge in [-0.3, -0.25) is 9.59 Å². The second kappa shape index (κ2) is 7.41. The number of rotatable bonds is 4. The number of amides is 2. The lowest BCUT2D eigenvalue weighted by Crippen LogP contribution is -2.49. The van der Waals surface area contributed by atoms with Crippen molar-refractivity contribution in [3.8, 4) is 0 Å². The standard InChI is InChI=1S/C15H20ClN3O2/c1-2-5-14(20)19-9-4-3-6-12(19)15(21)18-11-7-8-13(16)17-10-11/h7-8,10,12H,2-6,9H2,1H3,(H,18,21)/t12-/m1/s1. The fourth-order valence-corrected chi connectivity index (χ4v) is 2.65. The van der Waals surface area contributed by atoms with Gasteiger partial charge in [0.15, 0.2) is 0 Å². The van der Waals surface area contributed by atoms with Gasteiger partial charge in [-0.2, -0.15) is 0 Å². The molecule has 0 bridgehead atoms. The van der Waals surface area contributed by atoms with Crippen molar-refractivity contribution in [2.75, 3.05) is 11.9 Å². The number of anilines is 1. The minimum Gasteiger partial charge on any atom is -0.331 e. The number of aromatic nitrogens is 1. The Morgan fingerprint density at radius 3 is 2.90 bits per heavy atom. The molecular weight excluding hydrogens is 290 g/mol. The molecule has 6 heteroatoms. The lowest BCUT2D eigenvalue weighted by Gasteiger charge is -2.34. The lowest BCUT2D eigenvalue weighted by molar-refractivity contribution is -0.140. The van der Waals surface area contributed by atoms with Crippen molar-refractivity contribution in [1.29, 1.82) is 0 Å². The van der Waals surface area contributed by atoms with Crippen LogP contribution in [0.2, 0.25) is 5.15 Å². The second-order valence-electron chi connectivity index (χ2n) is 5.21. The van der Waals surface area contributed by atoms with Crippen LogP contribution >= 0.6 is 11.6 Å². The zero-order valence-electron chi connectivity index (χ0n) is 12.1. The Hall–Kier alpha value is -1.62. The first-order valence-electron chi connectivity index (χ1n) is 7.33. The Kier molecular flexibility index (Phi) is 5.56. The maximum absolute atomic E-state index is 12.4. The van der Waals surface area contributed by atoms with E-state index >= 15 is 0 Å². The van der Waals surface area contributed by atoms with Crippen LogP contribution in [-0.2, 0) is 9.59 Å². The summed E-state index contributed by atoms with van der Waals surface area (Å²) in [6, 6.07) is 2.94. The van der Waals surface area contributed by atoms with Crippen LogP contribution in [0.4, 0.5) is 5.69 Å². The highest BCUT2D eigenvalue weighted by Crippen LogP contribution is 2.20. The third-order valence-corrected chi connectivity index (χ3v) is 3.81. The van der Waals surface area contributed by atoms with E-state index in [1.807, 2.05) is 6.92 Å². The summed E-state index contributed by atoms with van der Waals surface area (Å²) in [7, 11) is 0. The number of carbonyl (C=O) groups excluding carboxylic acids is 2. The minimum absolute atomic E-state index is 0.0616. The molecule has 21 heavy (non-hydrogen) atoms. The predicted molar refractivity (Wildman–Crippen MR) is 82.1 cm³/mol. The highest BCUT2D eigenvalue weighted by Gasteiger charge is 2.31. The average Bonchev–Trinajstić information content (AvgIpc) is 2.50. The van der Waals surface area contributed by atoms with Crippen molar-refractivity contribution in [2.24, 2.45) is 0 Å². The van der Waals surface area contributed by atoms with Crippen LogP contribution in [0.15, 0.2) is 18.3 Å². The zero-order valence-corrected chi connectivity index (χ0v) is 12.9. The van der Waals surface area contributed by atoms with E-state index < -0.39 is 0 Å². The van der Waals surface area contributed by atoms with E-state index in [0.717, 1.165) is 19.3 Å². The molecule has 1 atom stereocenters. The Morgan fingerprint density at radius 1 is 1.43 bits per heavy atom. The van der Waals surface area contributed by atoms with Gasteiger partial charge >= 0.3 is 0 Å². The molecular formula is C15H20ClN3O2. The topological polar surface area (TPSA) is 62.3 Å². The van der Waals surface area contributed by atoms with Crippen LogP contribution in [0.5, 0.6) is 0 Å². The van der Waals surface area contributed by atoms with E-state index in [9.17, 15) is 9.59 Å². The van der Waals surface area contributed by atoms with Crippen molar-refractivity contribution < 1.29 is 9.59 Å². The molecule has 0 aromatic carbocycles. The molecule has 1 saturated heterocycles. The molecule has 2 rings (SSSR count). The summed E-state index contributed by atoms with van der Waals surface area (Å²) in [5, 5.41) is 3.19. The second-order valence-corrected chi connectivity index (χ2v) is 5.59. The largest absolute Gasteiger partial charge is 0.331 e. The molecule has 114 valence electrons. The smallest absolute Gasteiger partial charge is 0.247 e. The number of nitrogens with zero attached hydrogens (tertiary/aromatic N) is 2. The summed E-state index contributed by atoms with van der Waals surface area (Å²) >= 11 is 5.72. The quantitative estimate of drug-likeness (QED) is 0.870. The van der Waals surface area contributed by atoms with Crippen LogP contribution in [0.3, 0.4) is 0 Å². The highest BCUT2D eigenvalue weighted by atomic mass is 35.5. The molecule has 1 N–H and O–H groups in total. The third kappa shape index (κ3) is 4.17. The van der Waals surface area contributed by atoms with E-state index in [1.54, 1.807) is 17.0 Å². The van der Waals surface area contributed by atoms with Gasteiger partial charge in [-0.1, -0.05) is 18.5 Å². The number of carbonyl (C=O) groups is 2. The zero-order chi connectivity index (χ0) is 15.2. The minimum atomic E-state index is -0.381. The average molecular weight is 310 g/mol. The number of likely N-dealkylation sites (tertiary alicyclic amines) is 1. The number of pyridine rings is 1. The van der Waals surface area contributed by atoms with Crippen LogP contribution in [0.25, 0.3) is 0 Å². The highest BCUT2D eigenvalue weighted by molar-refractivity contribution is 6.29. The van der Waals surface area contributed by atoms with Gasteiger partial charge in [-0.15, -0.1) is 0 Å². The SMILES string of the molecule is CCCC(=O)N1CCCC[C@@H]1C(=O)Nc1ccc(Cl)nc1. The predicted octanol–water partition coefficient (Wildman–Crippen LogP) is 2.85. The van der Waals surface area contributed by atoms with Crippen molar-refractivity contribution in [1.82, 2.24) is 9.88 Å². The Balaban J connectivity index is 2.04. The van der Waals surface area contributed by atoms with Crippen LogP contribution in [0, 0.1) is 0 Å². The molecule has 0 saturated carbocycles. The Bertz CT molecular complexity index is 504. The number of halogens is 1. The van der Waals surface area contributed by atoms with Crippen molar-refractivity contribution in [2.45, 2.75) is 45.1 Å². The van der Waals surface area contributed by atoms with Crippen LogP contribution in [0.1, 0.15) is 39.0 Å². The molecule has 0 radical (unpaired) electrons. The fourth-order valence-electron chi connectivity index (χ4n) is 2.54. The summed E-state index contributed by atoms with van der Waals surface area (Å²) in [6.07, 6.45) is 5.44. The van der Waals surface area contributed by atoms with E-state index in [-0.39, 0.29) is 17.9 Å².